The van der Waals surface area contributed by atoms with Gasteiger partial charge in [-0.3, -0.25) is 25.8 Å². The molecular weight excluding hydrogens is 381 g/mol. The molecule has 0 radical (unpaired) electrons. The fourth-order valence-electron chi connectivity index (χ4n) is 2.63. The van der Waals surface area contributed by atoms with Gasteiger partial charge in [0.05, 0.1) is 10.5 Å². The van der Waals surface area contributed by atoms with E-state index in [9.17, 15) is 19.3 Å². The normalized spacial score (nSPS) is 10.3. The first-order valence-corrected chi connectivity index (χ1v) is 8.41. The van der Waals surface area contributed by atoms with Crippen molar-refractivity contribution >= 4 is 17.4 Å². The van der Waals surface area contributed by atoms with Crippen LogP contribution in [0.4, 0.5) is 15.9 Å². The van der Waals surface area contributed by atoms with Gasteiger partial charge in [-0.15, -0.1) is 0 Å². The van der Waals surface area contributed by atoms with Crippen molar-refractivity contribution in [1.29, 1.82) is 0 Å². The van der Waals surface area contributed by atoms with Crippen molar-refractivity contribution in [3.05, 3.63) is 81.4 Å². The van der Waals surface area contributed by atoms with Crippen molar-refractivity contribution in [2.45, 2.75) is 13.8 Å². The lowest BCUT2D eigenvalue weighted by Crippen LogP contribution is -2.31. The molecule has 2 aromatic carbocycles. The molecule has 9 nitrogen and oxygen atoms in total. The number of nitrogens with zero attached hydrogens (tertiary/aromatic N) is 3. The number of carbonyl (C=O) groups excluding carboxylic acids is 1. The van der Waals surface area contributed by atoms with Crippen molar-refractivity contribution in [1.82, 2.24) is 15.4 Å². The summed E-state index contributed by atoms with van der Waals surface area (Å²) in [6.07, 6.45) is 1.04. The first-order chi connectivity index (χ1) is 13.8. The van der Waals surface area contributed by atoms with Gasteiger partial charge >= 0.3 is 11.6 Å². The van der Waals surface area contributed by atoms with Crippen LogP contribution in [0.15, 0.2) is 48.8 Å². The summed E-state index contributed by atoms with van der Waals surface area (Å²) in [7, 11) is 0. The van der Waals surface area contributed by atoms with E-state index in [2.05, 4.69) is 20.8 Å². The molecule has 0 aliphatic rings. The van der Waals surface area contributed by atoms with Crippen molar-refractivity contribution in [2.75, 3.05) is 5.43 Å². The standard InChI is InChI=1S/C19H16FN5O4/c1-11-7-12(2)9-13(8-11)29-19-16(25(27)28)17(21-10-22-19)23-24-18(26)14-5-3-4-6-15(14)20/h3-10H,1-2H3,(H,24,26)(H,21,22,23). The molecule has 0 saturated carbocycles. The van der Waals surface area contributed by atoms with Crippen molar-refractivity contribution in [3.63, 3.8) is 0 Å². The maximum Gasteiger partial charge on any atom is 0.374 e. The molecule has 29 heavy (non-hydrogen) atoms. The Morgan fingerprint density at radius 1 is 1.14 bits per heavy atom. The molecule has 10 heteroatoms. The summed E-state index contributed by atoms with van der Waals surface area (Å²) in [6.45, 7) is 3.72. The topological polar surface area (TPSA) is 119 Å². The lowest BCUT2D eigenvalue weighted by atomic mass is 10.1. The van der Waals surface area contributed by atoms with Crippen LogP contribution < -0.4 is 15.6 Å². The highest BCUT2D eigenvalue weighted by atomic mass is 19.1. The number of aromatic nitrogens is 2. The van der Waals surface area contributed by atoms with Crippen LogP contribution >= 0.6 is 0 Å². The SMILES string of the molecule is Cc1cc(C)cc(Oc2ncnc(NNC(=O)c3ccccc3F)c2[N+](=O)[O-])c1. The predicted molar refractivity (Wildman–Crippen MR) is 102 cm³/mol. The zero-order valence-corrected chi connectivity index (χ0v) is 15.5. The highest BCUT2D eigenvalue weighted by Gasteiger charge is 2.26. The summed E-state index contributed by atoms with van der Waals surface area (Å²) in [5.74, 6) is -1.81. The molecule has 0 aliphatic carbocycles. The van der Waals surface area contributed by atoms with E-state index in [1.807, 2.05) is 19.9 Å². The number of ether oxygens (including phenoxy) is 1. The molecule has 0 aliphatic heterocycles. The molecule has 2 N–H and O–H groups in total. The third-order valence-corrected chi connectivity index (χ3v) is 3.79. The number of rotatable bonds is 6. The van der Waals surface area contributed by atoms with Crippen LogP contribution in [0.1, 0.15) is 21.5 Å². The number of amides is 1. The van der Waals surface area contributed by atoms with E-state index in [0.717, 1.165) is 23.5 Å². The largest absolute Gasteiger partial charge is 0.434 e. The molecule has 0 unspecified atom stereocenters. The molecule has 0 atom stereocenters. The van der Waals surface area contributed by atoms with Gasteiger partial charge in [-0.25, -0.2) is 9.37 Å². The molecule has 1 aromatic heterocycles. The Hall–Kier alpha value is -4.08. The molecule has 0 bridgehead atoms. The Morgan fingerprint density at radius 3 is 2.48 bits per heavy atom. The minimum Gasteiger partial charge on any atom is -0.434 e. The van der Waals surface area contributed by atoms with Gasteiger partial charge in [0.15, 0.2) is 0 Å². The number of anilines is 1. The second-order valence-corrected chi connectivity index (χ2v) is 6.12. The average Bonchev–Trinajstić information content (AvgIpc) is 2.65. The summed E-state index contributed by atoms with van der Waals surface area (Å²) < 4.78 is 19.3. The second-order valence-electron chi connectivity index (χ2n) is 6.12. The lowest BCUT2D eigenvalue weighted by Gasteiger charge is -2.11. The Bertz CT molecular complexity index is 1070. The molecule has 3 rings (SSSR count). The first-order valence-electron chi connectivity index (χ1n) is 8.41. The molecule has 1 heterocycles. The number of halogens is 1. The van der Waals surface area contributed by atoms with Crippen LogP contribution in [0, 0.1) is 29.8 Å². The number of carbonyl (C=O) groups is 1. The number of hydrogen-bond donors (Lipinski definition) is 2. The minimum atomic E-state index is -0.826. The highest BCUT2D eigenvalue weighted by Crippen LogP contribution is 2.34. The van der Waals surface area contributed by atoms with Crippen molar-refractivity contribution < 1.29 is 18.8 Å². The van der Waals surface area contributed by atoms with Gasteiger partial charge in [0.1, 0.15) is 17.9 Å². The van der Waals surface area contributed by atoms with Gasteiger partial charge < -0.3 is 4.74 Å². The smallest absolute Gasteiger partial charge is 0.374 e. The number of hydrogen-bond acceptors (Lipinski definition) is 7. The highest BCUT2D eigenvalue weighted by molar-refractivity contribution is 5.95. The molecule has 0 spiro atoms. The monoisotopic (exact) mass is 397 g/mol. The Kier molecular flexibility index (Phi) is 5.63. The zero-order valence-electron chi connectivity index (χ0n) is 15.5. The van der Waals surface area contributed by atoms with E-state index in [4.69, 9.17) is 4.74 Å². The average molecular weight is 397 g/mol. The van der Waals surface area contributed by atoms with Gasteiger partial charge in [-0.1, -0.05) is 18.2 Å². The second kappa shape index (κ2) is 8.30. The summed E-state index contributed by atoms with van der Waals surface area (Å²) >= 11 is 0. The Balaban J connectivity index is 1.86. The molecule has 0 saturated heterocycles. The maximum absolute atomic E-state index is 13.7. The van der Waals surface area contributed by atoms with Crippen molar-refractivity contribution in [3.8, 4) is 11.6 Å². The molecule has 1 amide bonds. The van der Waals surface area contributed by atoms with Gasteiger partial charge in [-0.2, -0.15) is 4.98 Å². The number of nitro groups is 1. The molecule has 3 aromatic rings. The Morgan fingerprint density at radius 2 is 1.83 bits per heavy atom. The lowest BCUT2D eigenvalue weighted by molar-refractivity contribution is -0.385. The van der Waals surface area contributed by atoms with Gasteiger partial charge in [0.25, 0.3) is 5.91 Å². The number of aryl methyl sites for hydroxylation is 2. The quantitative estimate of drug-likeness (QED) is 0.481. The maximum atomic E-state index is 13.7. The summed E-state index contributed by atoms with van der Waals surface area (Å²) in [6, 6.07) is 10.6. The van der Waals surface area contributed by atoms with Gasteiger partial charge in [0.2, 0.25) is 5.82 Å². The van der Waals surface area contributed by atoms with Crippen LogP contribution in [0.3, 0.4) is 0 Å². The van der Waals surface area contributed by atoms with Crippen LogP contribution in [0.5, 0.6) is 11.6 Å². The number of benzene rings is 2. The fraction of sp³-hybridized carbons (Fsp3) is 0.105. The Labute approximate surface area is 164 Å². The molecule has 148 valence electrons. The molecular formula is C19H16FN5O4. The van der Waals surface area contributed by atoms with Crippen LogP contribution in [-0.2, 0) is 0 Å². The summed E-state index contributed by atoms with van der Waals surface area (Å²) in [5, 5.41) is 11.6. The van der Waals surface area contributed by atoms with E-state index in [-0.39, 0.29) is 17.3 Å². The number of hydrazine groups is 1. The molecule has 0 fully saturated rings. The minimum absolute atomic E-state index is 0.233. The summed E-state index contributed by atoms with van der Waals surface area (Å²) in [5.41, 5.74) is 5.51. The third kappa shape index (κ3) is 4.61. The van der Waals surface area contributed by atoms with Gasteiger partial charge in [-0.05, 0) is 49.2 Å². The third-order valence-electron chi connectivity index (χ3n) is 3.79. The van der Waals surface area contributed by atoms with Crippen molar-refractivity contribution in [2.24, 2.45) is 0 Å². The fourth-order valence-corrected chi connectivity index (χ4v) is 2.63. The zero-order chi connectivity index (χ0) is 21.0. The van der Waals surface area contributed by atoms with E-state index in [1.54, 1.807) is 12.1 Å². The summed E-state index contributed by atoms with van der Waals surface area (Å²) in [4.78, 5) is 30.5. The van der Waals surface area contributed by atoms with Crippen LogP contribution in [-0.4, -0.2) is 20.8 Å². The predicted octanol–water partition coefficient (Wildman–Crippen LogP) is 3.69. The van der Waals surface area contributed by atoms with E-state index in [0.29, 0.717) is 5.75 Å². The number of nitrogens with one attached hydrogen (secondary N) is 2. The van der Waals surface area contributed by atoms with E-state index < -0.39 is 22.3 Å². The van der Waals surface area contributed by atoms with Gasteiger partial charge in [0, 0.05) is 0 Å². The van der Waals surface area contributed by atoms with E-state index in [1.165, 1.54) is 18.2 Å². The van der Waals surface area contributed by atoms with Crippen LogP contribution in [0.25, 0.3) is 0 Å². The van der Waals surface area contributed by atoms with E-state index >= 15 is 0 Å². The first kappa shape index (κ1) is 19.7. The van der Waals surface area contributed by atoms with Crippen LogP contribution in [0.2, 0.25) is 0 Å².